The third kappa shape index (κ3) is 4.40. The molecule has 1 aliphatic heterocycles. The summed E-state index contributed by atoms with van der Waals surface area (Å²) >= 11 is 0. The van der Waals surface area contributed by atoms with Crippen molar-refractivity contribution in [3.63, 3.8) is 0 Å². The first-order chi connectivity index (χ1) is 11.2. The Labute approximate surface area is 139 Å². The summed E-state index contributed by atoms with van der Waals surface area (Å²) in [6, 6.07) is 6.46. The fourth-order valence-corrected chi connectivity index (χ4v) is 3.61. The van der Waals surface area contributed by atoms with E-state index in [-0.39, 0.29) is 6.03 Å². The van der Waals surface area contributed by atoms with Crippen molar-refractivity contribution in [2.24, 2.45) is 5.92 Å². The highest BCUT2D eigenvalue weighted by Gasteiger charge is 2.20. The van der Waals surface area contributed by atoms with Crippen LogP contribution in [0.3, 0.4) is 0 Å². The Balaban J connectivity index is 1.40. The molecule has 0 spiro atoms. The Morgan fingerprint density at radius 1 is 1.26 bits per heavy atom. The van der Waals surface area contributed by atoms with Crippen LogP contribution in [0.4, 0.5) is 4.79 Å². The van der Waals surface area contributed by atoms with Gasteiger partial charge >= 0.3 is 6.03 Å². The lowest BCUT2D eigenvalue weighted by atomic mass is 9.92. The smallest absolute Gasteiger partial charge is 0.317 e. The lowest BCUT2D eigenvalue weighted by Gasteiger charge is -2.30. The van der Waals surface area contributed by atoms with Gasteiger partial charge in [-0.05, 0) is 67.7 Å². The standard InChI is InChI=1S/C19H28N2O2/c1-15-5-4-11-21(14-15)19(22)20-10-12-23-18-9-8-16-6-2-3-7-17(16)13-18/h8-9,13,15H,2-7,10-12,14H2,1H3,(H,20,22). The van der Waals surface area contributed by atoms with Crippen LogP contribution >= 0.6 is 0 Å². The first-order valence-electron chi connectivity index (χ1n) is 9.00. The van der Waals surface area contributed by atoms with Crippen LogP contribution in [0.5, 0.6) is 5.75 Å². The van der Waals surface area contributed by atoms with Crippen molar-refractivity contribution < 1.29 is 9.53 Å². The Kier molecular flexibility index (Phi) is 5.42. The number of hydrogen-bond donors (Lipinski definition) is 1. The molecule has 0 radical (unpaired) electrons. The van der Waals surface area contributed by atoms with Crippen LogP contribution in [0.1, 0.15) is 43.7 Å². The van der Waals surface area contributed by atoms with E-state index in [4.69, 9.17) is 4.74 Å². The number of hydrogen-bond acceptors (Lipinski definition) is 2. The number of fused-ring (bicyclic) bond motifs is 1. The Hall–Kier alpha value is -1.71. The third-order valence-electron chi connectivity index (χ3n) is 4.91. The van der Waals surface area contributed by atoms with E-state index in [0.29, 0.717) is 19.1 Å². The number of likely N-dealkylation sites (tertiary alicyclic amines) is 1. The molecule has 2 amide bonds. The average Bonchev–Trinajstić information content (AvgIpc) is 2.58. The first-order valence-corrected chi connectivity index (χ1v) is 9.00. The van der Waals surface area contributed by atoms with Crippen molar-refractivity contribution in [1.29, 1.82) is 0 Å². The fraction of sp³-hybridized carbons (Fsp3) is 0.632. The number of aryl methyl sites for hydroxylation is 2. The molecule has 23 heavy (non-hydrogen) atoms. The van der Waals surface area contributed by atoms with E-state index >= 15 is 0 Å². The quantitative estimate of drug-likeness (QED) is 0.865. The summed E-state index contributed by atoms with van der Waals surface area (Å²) < 4.78 is 5.80. The second-order valence-electron chi connectivity index (χ2n) is 6.91. The summed E-state index contributed by atoms with van der Waals surface area (Å²) in [4.78, 5) is 14.0. The SMILES string of the molecule is CC1CCCN(C(=O)NCCOc2ccc3c(c2)CCCC3)C1. The van der Waals surface area contributed by atoms with Crippen molar-refractivity contribution in [1.82, 2.24) is 10.2 Å². The number of piperidine rings is 1. The van der Waals surface area contributed by atoms with E-state index < -0.39 is 0 Å². The molecule has 4 heteroatoms. The Morgan fingerprint density at radius 2 is 2.09 bits per heavy atom. The fourth-order valence-electron chi connectivity index (χ4n) is 3.61. The van der Waals surface area contributed by atoms with Gasteiger partial charge in [0.2, 0.25) is 0 Å². The zero-order valence-electron chi connectivity index (χ0n) is 14.1. The van der Waals surface area contributed by atoms with Gasteiger partial charge in [0.25, 0.3) is 0 Å². The summed E-state index contributed by atoms with van der Waals surface area (Å²) in [7, 11) is 0. The van der Waals surface area contributed by atoms with E-state index in [1.807, 2.05) is 4.90 Å². The van der Waals surface area contributed by atoms with Crippen LogP contribution < -0.4 is 10.1 Å². The van der Waals surface area contributed by atoms with Crippen LogP contribution in [0.2, 0.25) is 0 Å². The molecule has 0 aromatic heterocycles. The maximum Gasteiger partial charge on any atom is 0.317 e. The summed E-state index contributed by atoms with van der Waals surface area (Å²) in [5, 5.41) is 2.97. The number of rotatable bonds is 4. The van der Waals surface area contributed by atoms with Gasteiger partial charge in [-0.2, -0.15) is 0 Å². The summed E-state index contributed by atoms with van der Waals surface area (Å²) in [5.41, 5.74) is 2.90. The van der Waals surface area contributed by atoms with Crippen molar-refractivity contribution >= 4 is 6.03 Å². The molecule has 126 valence electrons. The van der Waals surface area contributed by atoms with Crippen molar-refractivity contribution in [2.45, 2.75) is 45.4 Å². The van der Waals surface area contributed by atoms with Crippen LogP contribution in [0, 0.1) is 5.92 Å². The lowest BCUT2D eigenvalue weighted by molar-refractivity contribution is 0.167. The molecule has 1 atom stereocenters. The Bertz CT molecular complexity index is 544. The molecule has 0 bridgehead atoms. The van der Waals surface area contributed by atoms with Crippen molar-refractivity contribution in [2.75, 3.05) is 26.2 Å². The summed E-state index contributed by atoms with van der Waals surface area (Å²) in [5.74, 6) is 1.53. The van der Waals surface area contributed by atoms with Gasteiger partial charge in [-0.15, -0.1) is 0 Å². The molecule has 1 unspecified atom stereocenters. The van der Waals surface area contributed by atoms with Gasteiger partial charge in [-0.25, -0.2) is 4.79 Å². The zero-order chi connectivity index (χ0) is 16.1. The second kappa shape index (κ2) is 7.71. The third-order valence-corrected chi connectivity index (χ3v) is 4.91. The maximum atomic E-state index is 12.1. The van der Waals surface area contributed by atoms with Gasteiger partial charge < -0.3 is 15.0 Å². The van der Waals surface area contributed by atoms with Gasteiger partial charge in [0, 0.05) is 13.1 Å². The van der Waals surface area contributed by atoms with E-state index in [2.05, 4.69) is 30.4 Å². The highest BCUT2D eigenvalue weighted by molar-refractivity contribution is 5.74. The number of carbonyl (C=O) groups excluding carboxylic acids is 1. The Morgan fingerprint density at radius 3 is 2.91 bits per heavy atom. The minimum absolute atomic E-state index is 0.0468. The lowest BCUT2D eigenvalue weighted by Crippen LogP contribution is -2.45. The molecule has 3 rings (SSSR count). The van der Waals surface area contributed by atoms with Gasteiger partial charge in [0.05, 0.1) is 6.54 Å². The number of benzene rings is 1. The number of carbonyl (C=O) groups is 1. The molecular weight excluding hydrogens is 288 g/mol. The molecule has 1 aliphatic carbocycles. The van der Waals surface area contributed by atoms with Crippen LogP contribution in [-0.2, 0) is 12.8 Å². The summed E-state index contributed by atoms with van der Waals surface area (Å²) in [6.07, 6.45) is 7.27. The van der Waals surface area contributed by atoms with Gasteiger partial charge in [0.15, 0.2) is 0 Å². The number of ether oxygens (including phenoxy) is 1. The van der Waals surface area contributed by atoms with Gasteiger partial charge in [0.1, 0.15) is 12.4 Å². The molecular formula is C19H28N2O2. The van der Waals surface area contributed by atoms with E-state index in [1.54, 1.807) is 0 Å². The van der Waals surface area contributed by atoms with Crippen LogP contribution in [0.15, 0.2) is 18.2 Å². The number of nitrogens with one attached hydrogen (secondary N) is 1. The first kappa shape index (κ1) is 16.2. The molecule has 4 nitrogen and oxygen atoms in total. The highest BCUT2D eigenvalue weighted by atomic mass is 16.5. The molecule has 1 aromatic rings. The van der Waals surface area contributed by atoms with Crippen molar-refractivity contribution in [3.8, 4) is 5.75 Å². The maximum absolute atomic E-state index is 12.1. The molecule has 1 saturated heterocycles. The minimum Gasteiger partial charge on any atom is -0.492 e. The predicted octanol–water partition coefficient (Wildman–Crippen LogP) is 3.39. The largest absolute Gasteiger partial charge is 0.492 e. The zero-order valence-corrected chi connectivity index (χ0v) is 14.1. The monoisotopic (exact) mass is 316 g/mol. The van der Waals surface area contributed by atoms with Gasteiger partial charge in [-0.3, -0.25) is 0 Å². The van der Waals surface area contributed by atoms with E-state index in [1.165, 1.54) is 36.8 Å². The molecule has 1 heterocycles. The predicted molar refractivity (Wildman–Crippen MR) is 91.9 cm³/mol. The minimum atomic E-state index is 0.0468. The van der Waals surface area contributed by atoms with Crippen LogP contribution in [-0.4, -0.2) is 37.2 Å². The number of nitrogens with zero attached hydrogens (tertiary/aromatic N) is 1. The molecule has 1 aromatic carbocycles. The molecule has 1 fully saturated rings. The number of amides is 2. The van der Waals surface area contributed by atoms with Crippen molar-refractivity contribution in [3.05, 3.63) is 29.3 Å². The number of urea groups is 1. The van der Waals surface area contributed by atoms with Gasteiger partial charge in [-0.1, -0.05) is 13.0 Å². The molecule has 1 N–H and O–H groups in total. The second-order valence-corrected chi connectivity index (χ2v) is 6.91. The van der Waals surface area contributed by atoms with E-state index in [9.17, 15) is 4.79 Å². The van der Waals surface area contributed by atoms with Crippen LogP contribution in [0.25, 0.3) is 0 Å². The normalized spacial score (nSPS) is 20.7. The summed E-state index contributed by atoms with van der Waals surface area (Å²) in [6.45, 7) is 5.03. The highest BCUT2D eigenvalue weighted by Crippen LogP contribution is 2.25. The van der Waals surface area contributed by atoms with E-state index in [0.717, 1.165) is 31.7 Å². The molecule has 0 saturated carbocycles. The molecule has 2 aliphatic rings. The average molecular weight is 316 g/mol. The topological polar surface area (TPSA) is 41.6 Å².